The Bertz CT molecular complexity index is 402. The van der Waals surface area contributed by atoms with Gasteiger partial charge in [0.25, 0.3) is 0 Å². The van der Waals surface area contributed by atoms with Crippen LogP contribution in [0.15, 0.2) is 0 Å². The Kier molecular flexibility index (Phi) is 4.12. The summed E-state index contributed by atoms with van der Waals surface area (Å²) in [6.45, 7) is 0.729. The third kappa shape index (κ3) is 2.84. The molecular weight excluding hydrogens is 238 g/mol. The van der Waals surface area contributed by atoms with Crippen LogP contribution >= 0.6 is 11.3 Å². The van der Waals surface area contributed by atoms with E-state index in [4.69, 9.17) is 9.84 Å². The Balaban J connectivity index is 2.10. The fourth-order valence-corrected chi connectivity index (χ4v) is 3.40. The number of fused-ring (bicyclic) bond motifs is 1. The number of hydrogen-bond donors (Lipinski definition) is 1. The molecule has 1 aliphatic rings. The first-order valence-corrected chi connectivity index (χ1v) is 6.74. The number of carboxylic acid groups (broad SMARTS) is 1. The minimum atomic E-state index is -0.736. The lowest BCUT2D eigenvalue weighted by Gasteiger charge is -2.16. The second-order valence-electron chi connectivity index (χ2n) is 4.30. The van der Waals surface area contributed by atoms with Crippen molar-refractivity contribution in [3.63, 3.8) is 0 Å². The minimum absolute atomic E-state index is 0.383. The molecule has 0 aromatic carbocycles. The first-order valence-electron chi connectivity index (χ1n) is 5.92. The Hall–Kier alpha value is -0.940. The first kappa shape index (κ1) is 12.5. The highest BCUT2D eigenvalue weighted by molar-refractivity contribution is 7.11. The Morgan fingerprint density at radius 1 is 1.65 bits per heavy atom. The highest BCUT2D eigenvalue weighted by Crippen LogP contribution is 2.35. The molecule has 0 fully saturated rings. The van der Waals surface area contributed by atoms with E-state index in [1.54, 1.807) is 18.4 Å². The van der Waals surface area contributed by atoms with Gasteiger partial charge < -0.3 is 9.84 Å². The van der Waals surface area contributed by atoms with Crippen molar-refractivity contribution in [1.82, 2.24) is 4.98 Å². The van der Waals surface area contributed by atoms with Crippen LogP contribution in [0.1, 0.15) is 40.8 Å². The minimum Gasteiger partial charge on any atom is -0.481 e. The maximum atomic E-state index is 11.1. The average molecular weight is 255 g/mol. The number of carboxylic acids is 1. The van der Waals surface area contributed by atoms with Gasteiger partial charge in [-0.2, -0.15) is 0 Å². The van der Waals surface area contributed by atoms with E-state index in [0.29, 0.717) is 0 Å². The molecule has 1 N–H and O–H groups in total. The summed E-state index contributed by atoms with van der Waals surface area (Å²) in [6.07, 6.45) is 4.51. The zero-order valence-corrected chi connectivity index (χ0v) is 10.8. The molecule has 0 radical (unpaired) electrons. The smallest absolute Gasteiger partial charge is 0.312 e. The van der Waals surface area contributed by atoms with Crippen LogP contribution in [0.5, 0.6) is 0 Å². The predicted octanol–water partition coefficient (Wildman–Crippen LogP) is 2.23. The topological polar surface area (TPSA) is 59.4 Å². The van der Waals surface area contributed by atoms with Gasteiger partial charge in [-0.3, -0.25) is 4.79 Å². The maximum absolute atomic E-state index is 11.1. The van der Waals surface area contributed by atoms with Crippen LogP contribution < -0.4 is 0 Å². The van der Waals surface area contributed by atoms with E-state index in [1.807, 2.05) is 0 Å². The molecule has 17 heavy (non-hydrogen) atoms. The normalized spacial score (nSPS) is 19.0. The molecule has 5 heteroatoms. The molecule has 1 unspecified atom stereocenters. The third-order valence-corrected chi connectivity index (χ3v) is 4.23. The first-order chi connectivity index (χ1) is 8.22. The van der Waals surface area contributed by atoms with Crippen LogP contribution in [0.4, 0.5) is 0 Å². The SMILES string of the molecule is COCCCc1nc2c(s1)CCCC2C(=O)O. The van der Waals surface area contributed by atoms with Gasteiger partial charge in [0.05, 0.1) is 16.6 Å². The van der Waals surface area contributed by atoms with E-state index in [9.17, 15) is 4.79 Å². The van der Waals surface area contributed by atoms with Gasteiger partial charge in [0.15, 0.2) is 0 Å². The Labute approximate surface area is 105 Å². The summed E-state index contributed by atoms with van der Waals surface area (Å²) in [6, 6.07) is 0. The van der Waals surface area contributed by atoms with Crippen LogP contribution in [-0.4, -0.2) is 29.8 Å². The van der Waals surface area contributed by atoms with Crippen molar-refractivity contribution in [2.24, 2.45) is 0 Å². The van der Waals surface area contributed by atoms with Crippen LogP contribution in [0, 0.1) is 0 Å². The van der Waals surface area contributed by atoms with Crippen molar-refractivity contribution in [3.05, 3.63) is 15.6 Å². The third-order valence-electron chi connectivity index (χ3n) is 3.04. The lowest BCUT2D eigenvalue weighted by atomic mass is 9.91. The van der Waals surface area contributed by atoms with E-state index < -0.39 is 5.97 Å². The van der Waals surface area contributed by atoms with Crippen LogP contribution in [-0.2, 0) is 22.4 Å². The van der Waals surface area contributed by atoms with Crippen molar-refractivity contribution in [2.75, 3.05) is 13.7 Å². The molecule has 1 aromatic rings. The summed E-state index contributed by atoms with van der Waals surface area (Å²) in [7, 11) is 1.69. The van der Waals surface area contributed by atoms with E-state index >= 15 is 0 Å². The zero-order chi connectivity index (χ0) is 12.3. The lowest BCUT2D eigenvalue weighted by molar-refractivity contribution is -0.139. The average Bonchev–Trinajstić information content (AvgIpc) is 2.71. The molecule has 0 saturated carbocycles. The molecule has 2 rings (SSSR count). The number of hydrogen-bond acceptors (Lipinski definition) is 4. The van der Waals surface area contributed by atoms with E-state index in [0.717, 1.165) is 49.4 Å². The summed E-state index contributed by atoms with van der Waals surface area (Å²) in [4.78, 5) is 16.8. The van der Waals surface area contributed by atoms with Crippen LogP contribution in [0.2, 0.25) is 0 Å². The molecule has 1 atom stereocenters. The fourth-order valence-electron chi connectivity index (χ4n) is 2.18. The number of aryl methyl sites for hydroxylation is 2. The van der Waals surface area contributed by atoms with Crippen molar-refractivity contribution < 1.29 is 14.6 Å². The Morgan fingerprint density at radius 3 is 3.18 bits per heavy atom. The number of methoxy groups -OCH3 is 1. The number of ether oxygens (including phenoxy) is 1. The molecule has 94 valence electrons. The molecule has 1 aliphatic carbocycles. The van der Waals surface area contributed by atoms with Crippen molar-refractivity contribution in [3.8, 4) is 0 Å². The molecule has 1 aromatic heterocycles. The summed E-state index contributed by atoms with van der Waals surface area (Å²) in [5.74, 6) is -1.12. The zero-order valence-electron chi connectivity index (χ0n) is 9.94. The van der Waals surface area contributed by atoms with E-state index in [1.165, 1.54) is 4.88 Å². The predicted molar refractivity (Wildman–Crippen MR) is 65.6 cm³/mol. The van der Waals surface area contributed by atoms with Gasteiger partial charge in [-0.15, -0.1) is 11.3 Å². The fraction of sp³-hybridized carbons (Fsp3) is 0.667. The van der Waals surface area contributed by atoms with Gasteiger partial charge in [-0.25, -0.2) is 4.98 Å². The van der Waals surface area contributed by atoms with Gasteiger partial charge in [-0.1, -0.05) is 0 Å². The second-order valence-corrected chi connectivity index (χ2v) is 5.46. The molecule has 0 aliphatic heterocycles. The number of nitrogens with zero attached hydrogens (tertiary/aromatic N) is 1. The number of rotatable bonds is 5. The maximum Gasteiger partial charge on any atom is 0.312 e. The van der Waals surface area contributed by atoms with Crippen LogP contribution in [0.25, 0.3) is 0 Å². The van der Waals surface area contributed by atoms with Crippen molar-refractivity contribution in [1.29, 1.82) is 0 Å². The number of aromatic nitrogens is 1. The van der Waals surface area contributed by atoms with Gasteiger partial charge in [-0.05, 0) is 25.7 Å². The summed E-state index contributed by atoms with van der Waals surface area (Å²) >= 11 is 1.68. The van der Waals surface area contributed by atoms with Crippen LogP contribution in [0.3, 0.4) is 0 Å². The highest BCUT2D eigenvalue weighted by Gasteiger charge is 2.29. The molecular formula is C12H17NO3S. The highest BCUT2D eigenvalue weighted by atomic mass is 32.1. The second kappa shape index (κ2) is 5.60. The van der Waals surface area contributed by atoms with Gasteiger partial charge in [0, 0.05) is 25.0 Å². The summed E-state index contributed by atoms with van der Waals surface area (Å²) in [5, 5.41) is 10.2. The molecule has 1 heterocycles. The van der Waals surface area contributed by atoms with Gasteiger partial charge >= 0.3 is 5.97 Å². The molecule has 0 spiro atoms. The quantitative estimate of drug-likeness (QED) is 0.820. The standard InChI is InChI=1S/C12H17NO3S/c1-16-7-3-6-10-13-11-8(12(14)15)4-2-5-9(11)17-10/h8H,2-7H2,1H3,(H,14,15). The monoisotopic (exact) mass is 255 g/mol. The number of carbonyl (C=O) groups is 1. The van der Waals surface area contributed by atoms with E-state index in [-0.39, 0.29) is 5.92 Å². The number of aliphatic carboxylic acids is 1. The molecule has 0 saturated heterocycles. The lowest BCUT2D eigenvalue weighted by Crippen LogP contribution is -2.17. The molecule has 4 nitrogen and oxygen atoms in total. The number of thiazole rings is 1. The van der Waals surface area contributed by atoms with Gasteiger partial charge in [0.1, 0.15) is 0 Å². The largest absolute Gasteiger partial charge is 0.481 e. The van der Waals surface area contributed by atoms with Crippen molar-refractivity contribution in [2.45, 2.75) is 38.0 Å². The summed E-state index contributed by atoms with van der Waals surface area (Å²) < 4.78 is 5.01. The van der Waals surface area contributed by atoms with Crippen molar-refractivity contribution >= 4 is 17.3 Å². The molecule has 0 bridgehead atoms. The van der Waals surface area contributed by atoms with Gasteiger partial charge in [0.2, 0.25) is 0 Å². The Morgan fingerprint density at radius 2 is 2.47 bits per heavy atom. The summed E-state index contributed by atoms with van der Waals surface area (Å²) in [5.41, 5.74) is 0.821. The van der Waals surface area contributed by atoms with E-state index in [2.05, 4.69) is 4.98 Å². The molecule has 0 amide bonds.